The summed E-state index contributed by atoms with van der Waals surface area (Å²) in [7, 11) is 0. The van der Waals surface area contributed by atoms with Gasteiger partial charge in [0, 0.05) is 11.6 Å². The lowest BCUT2D eigenvalue weighted by molar-refractivity contribution is -0.119. The van der Waals surface area contributed by atoms with Gasteiger partial charge in [0.05, 0.1) is 6.54 Å². The molecule has 1 aromatic rings. The zero-order valence-electron chi connectivity index (χ0n) is 11.3. The van der Waals surface area contributed by atoms with E-state index in [4.69, 9.17) is 5.73 Å². The van der Waals surface area contributed by atoms with Gasteiger partial charge in [-0.3, -0.25) is 9.59 Å². The highest BCUT2D eigenvalue weighted by Crippen LogP contribution is 2.25. The third-order valence-corrected chi connectivity index (χ3v) is 3.73. The summed E-state index contributed by atoms with van der Waals surface area (Å²) in [5, 5.41) is 0. The highest BCUT2D eigenvalue weighted by atomic mass is 16.2. The molecule has 0 heterocycles. The van der Waals surface area contributed by atoms with Crippen molar-refractivity contribution in [3.8, 4) is 0 Å². The van der Waals surface area contributed by atoms with Gasteiger partial charge >= 0.3 is 0 Å². The Hall–Kier alpha value is -1.84. The van der Waals surface area contributed by atoms with Crippen LogP contribution in [0.3, 0.4) is 0 Å². The fourth-order valence-electron chi connectivity index (χ4n) is 2.72. The maximum absolute atomic E-state index is 12.6. The molecule has 102 valence electrons. The van der Waals surface area contributed by atoms with E-state index in [0.29, 0.717) is 5.56 Å². The van der Waals surface area contributed by atoms with Gasteiger partial charge in [0.15, 0.2) is 0 Å². The Bertz CT molecular complexity index is 479. The summed E-state index contributed by atoms with van der Waals surface area (Å²) >= 11 is 0. The van der Waals surface area contributed by atoms with E-state index >= 15 is 0 Å². The molecule has 1 aromatic carbocycles. The van der Waals surface area contributed by atoms with E-state index in [1.165, 1.54) is 0 Å². The fourth-order valence-corrected chi connectivity index (χ4v) is 2.72. The van der Waals surface area contributed by atoms with Crippen LogP contribution in [0, 0.1) is 6.92 Å². The minimum atomic E-state index is -0.450. The Morgan fingerprint density at radius 1 is 1.26 bits per heavy atom. The molecular formula is C15H20N2O2. The summed E-state index contributed by atoms with van der Waals surface area (Å²) < 4.78 is 0. The highest BCUT2D eigenvalue weighted by molar-refractivity contribution is 5.97. The molecule has 0 atom stereocenters. The van der Waals surface area contributed by atoms with E-state index < -0.39 is 5.91 Å². The largest absolute Gasteiger partial charge is 0.368 e. The topological polar surface area (TPSA) is 63.4 Å². The van der Waals surface area contributed by atoms with Crippen LogP contribution in [0.5, 0.6) is 0 Å². The number of hydrogen-bond donors (Lipinski definition) is 1. The lowest BCUT2D eigenvalue weighted by atomic mass is 10.1. The van der Waals surface area contributed by atoms with Crippen LogP contribution >= 0.6 is 0 Å². The average molecular weight is 260 g/mol. The second-order valence-electron chi connectivity index (χ2n) is 5.15. The number of nitrogens with zero attached hydrogens (tertiary/aromatic N) is 1. The molecule has 0 aromatic heterocycles. The number of amides is 2. The van der Waals surface area contributed by atoms with Crippen LogP contribution in [0.15, 0.2) is 24.3 Å². The van der Waals surface area contributed by atoms with Crippen molar-refractivity contribution in [2.24, 2.45) is 5.73 Å². The van der Waals surface area contributed by atoms with E-state index in [-0.39, 0.29) is 18.5 Å². The van der Waals surface area contributed by atoms with Crippen LogP contribution in [0.25, 0.3) is 0 Å². The molecule has 4 nitrogen and oxygen atoms in total. The lowest BCUT2D eigenvalue weighted by Crippen LogP contribution is -2.44. The van der Waals surface area contributed by atoms with Crippen molar-refractivity contribution in [2.75, 3.05) is 6.54 Å². The molecule has 1 aliphatic rings. The first-order chi connectivity index (χ1) is 9.09. The molecule has 0 saturated heterocycles. The SMILES string of the molecule is Cc1ccccc1C(=O)N(CC(N)=O)C1CCCC1. The van der Waals surface area contributed by atoms with Crippen molar-refractivity contribution >= 4 is 11.8 Å². The number of carbonyl (C=O) groups is 2. The van der Waals surface area contributed by atoms with Crippen molar-refractivity contribution < 1.29 is 9.59 Å². The molecule has 1 saturated carbocycles. The zero-order chi connectivity index (χ0) is 13.8. The molecule has 0 aliphatic heterocycles. The Labute approximate surface area is 113 Å². The Morgan fingerprint density at radius 2 is 1.89 bits per heavy atom. The molecule has 0 bridgehead atoms. The van der Waals surface area contributed by atoms with Gasteiger partial charge in [-0.05, 0) is 31.4 Å². The van der Waals surface area contributed by atoms with Gasteiger partial charge in [-0.1, -0.05) is 31.0 Å². The minimum absolute atomic E-state index is 0.0117. The Morgan fingerprint density at radius 3 is 2.47 bits per heavy atom. The third-order valence-electron chi connectivity index (χ3n) is 3.73. The lowest BCUT2D eigenvalue weighted by Gasteiger charge is -2.28. The number of hydrogen-bond acceptors (Lipinski definition) is 2. The zero-order valence-corrected chi connectivity index (χ0v) is 11.3. The quantitative estimate of drug-likeness (QED) is 0.898. The number of primary amides is 1. The van der Waals surface area contributed by atoms with Crippen LogP contribution in [-0.2, 0) is 4.79 Å². The van der Waals surface area contributed by atoms with Gasteiger partial charge in [-0.15, -0.1) is 0 Å². The van der Waals surface area contributed by atoms with Gasteiger partial charge in [0.25, 0.3) is 5.91 Å². The predicted octanol–water partition coefficient (Wildman–Crippen LogP) is 1.87. The second-order valence-corrected chi connectivity index (χ2v) is 5.15. The molecule has 2 amide bonds. The second kappa shape index (κ2) is 5.87. The van der Waals surface area contributed by atoms with Crippen LogP contribution < -0.4 is 5.73 Å². The van der Waals surface area contributed by atoms with Crippen LogP contribution in [0.2, 0.25) is 0 Å². The molecule has 19 heavy (non-hydrogen) atoms. The fraction of sp³-hybridized carbons (Fsp3) is 0.467. The summed E-state index contributed by atoms with van der Waals surface area (Å²) in [5.41, 5.74) is 6.88. The normalized spacial score (nSPS) is 15.4. The maximum Gasteiger partial charge on any atom is 0.254 e. The summed E-state index contributed by atoms with van der Waals surface area (Å²) in [6.07, 6.45) is 4.15. The molecule has 0 spiro atoms. The molecular weight excluding hydrogens is 240 g/mol. The van der Waals surface area contributed by atoms with E-state index in [2.05, 4.69) is 0 Å². The minimum Gasteiger partial charge on any atom is -0.368 e. The molecule has 0 radical (unpaired) electrons. The number of benzene rings is 1. The average Bonchev–Trinajstić information content (AvgIpc) is 2.89. The molecule has 2 N–H and O–H groups in total. The number of carbonyl (C=O) groups excluding carboxylic acids is 2. The van der Waals surface area contributed by atoms with Gasteiger partial charge < -0.3 is 10.6 Å². The van der Waals surface area contributed by atoms with Crippen LogP contribution in [-0.4, -0.2) is 29.3 Å². The molecule has 1 aliphatic carbocycles. The van der Waals surface area contributed by atoms with Crippen molar-refractivity contribution in [3.63, 3.8) is 0 Å². The van der Waals surface area contributed by atoms with Crippen molar-refractivity contribution in [2.45, 2.75) is 38.6 Å². The van der Waals surface area contributed by atoms with Gasteiger partial charge in [0.1, 0.15) is 0 Å². The van der Waals surface area contributed by atoms with Gasteiger partial charge in [-0.2, -0.15) is 0 Å². The maximum atomic E-state index is 12.6. The standard InChI is InChI=1S/C15H20N2O2/c1-11-6-2-5-9-13(11)15(19)17(10-14(16)18)12-7-3-4-8-12/h2,5-6,9,12H,3-4,7-8,10H2,1H3,(H2,16,18). The van der Waals surface area contributed by atoms with E-state index in [0.717, 1.165) is 31.2 Å². The first-order valence-corrected chi connectivity index (χ1v) is 6.74. The summed E-state index contributed by atoms with van der Waals surface area (Å²) in [5.74, 6) is -0.530. The van der Waals surface area contributed by atoms with Gasteiger partial charge in [-0.25, -0.2) is 0 Å². The summed E-state index contributed by atoms with van der Waals surface area (Å²) in [4.78, 5) is 25.5. The molecule has 4 heteroatoms. The van der Waals surface area contributed by atoms with Crippen LogP contribution in [0.4, 0.5) is 0 Å². The molecule has 1 fully saturated rings. The smallest absolute Gasteiger partial charge is 0.254 e. The predicted molar refractivity (Wildman–Crippen MR) is 73.7 cm³/mol. The van der Waals surface area contributed by atoms with E-state index in [9.17, 15) is 9.59 Å². The van der Waals surface area contributed by atoms with E-state index in [1.807, 2.05) is 25.1 Å². The Balaban J connectivity index is 2.24. The Kier molecular flexibility index (Phi) is 4.20. The number of aryl methyl sites for hydroxylation is 1. The first-order valence-electron chi connectivity index (χ1n) is 6.74. The van der Waals surface area contributed by atoms with Crippen LogP contribution in [0.1, 0.15) is 41.6 Å². The summed E-state index contributed by atoms with van der Waals surface area (Å²) in [6, 6.07) is 7.61. The van der Waals surface area contributed by atoms with Crippen molar-refractivity contribution in [1.29, 1.82) is 0 Å². The first kappa shape index (κ1) is 13.6. The molecule has 0 unspecified atom stereocenters. The highest BCUT2D eigenvalue weighted by Gasteiger charge is 2.28. The van der Waals surface area contributed by atoms with Gasteiger partial charge in [0.2, 0.25) is 5.91 Å². The van der Waals surface area contributed by atoms with E-state index in [1.54, 1.807) is 11.0 Å². The van der Waals surface area contributed by atoms with Crippen molar-refractivity contribution in [3.05, 3.63) is 35.4 Å². The monoisotopic (exact) mass is 260 g/mol. The number of rotatable bonds is 4. The number of nitrogens with two attached hydrogens (primary N) is 1. The van der Waals surface area contributed by atoms with Crippen molar-refractivity contribution in [1.82, 2.24) is 4.90 Å². The molecule has 2 rings (SSSR count). The third kappa shape index (κ3) is 3.13. The summed E-state index contributed by atoms with van der Waals surface area (Å²) in [6.45, 7) is 1.92.